The number of ether oxygens (including phenoxy) is 1. The molecule has 0 fully saturated rings. The molecule has 21 heavy (non-hydrogen) atoms. The second-order valence-electron chi connectivity index (χ2n) is 4.83. The molecule has 3 nitrogen and oxygen atoms in total. The van der Waals surface area contributed by atoms with Gasteiger partial charge in [-0.05, 0) is 19.4 Å². The van der Waals surface area contributed by atoms with Crippen molar-refractivity contribution < 1.29 is 14.3 Å². The van der Waals surface area contributed by atoms with E-state index in [9.17, 15) is 9.59 Å². The third-order valence-electron chi connectivity index (χ3n) is 3.25. The van der Waals surface area contributed by atoms with Gasteiger partial charge in [0, 0.05) is 5.56 Å². The first kappa shape index (κ1) is 15.0. The van der Waals surface area contributed by atoms with E-state index in [0.29, 0.717) is 11.1 Å². The highest BCUT2D eigenvalue weighted by atomic mass is 16.5. The Morgan fingerprint density at radius 1 is 1.00 bits per heavy atom. The van der Waals surface area contributed by atoms with E-state index in [2.05, 4.69) is 0 Å². The van der Waals surface area contributed by atoms with Crippen molar-refractivity contribution >= 4 is 11.8 Å². The number of carbonyl (C=O) groups excluding carboxylic acids is 2. The molecule has 0 bridgehead atoms. The molecule has 0 radical (unpaired) electrons. The summed E-state index contributed by atoms with van der Waals surface area (Å²) in [5, 5.41) is 0. The molecule has 0 aliphatic rings. The smallest absolute Gasteiger partial charge is 0.321 e. The average Bonchev–Trinajstić information content (AvgIpc) is 2.49. The number of rotatable bonds is 5. The maximum atomic E-state index is 12.7. The van der Waals surface area contributed by atoms with Gasteiger partial charge in [-0.2, -0.15) is 0 Å². The van der Waals surface area contributed by atoms with Crippen LogP contribution in [0.4, 0.5) is 0 Å². The number of aryl methyl sites for hydroxylation is 1. The summed E-state index contributed by atoms with van der Waals surface area (Å²) in [5.41, 5.74) is 2.24. The Morgan fingerprint density at radius 2 is 1.62 bits per heavy atom. The van der Waals surface area contributed by atoms with Crippen LogP contribution < -0.4 is 0 Å². The van der Waals surface area contributed by atoms with Crippen molar-refractivity contribution in [2.24, 2.45) is 0 Å². The molecule has 0 saturated heterocycles. The largest absolute Gasteiger partial charge is 0.465 e. The standard InChI is InChI=1S/C18H18O3/c1-3-21-18(20)16(14-7-5-4-6-8-14)17(19)15-11-9-13(2)10-12-15/h4-12,16H,3H2,1-2H3. The van der Waals surface area contributed by atoms with Crippen LogP contribution in [0.1, 0.15) is 34.3 Å². The zero-order chi connectivity index (χ0) is 15.2. The zero-order valence-electron chi connectivity index (χ0n) is 12.2. The van der Waals surface area contributed by atoms with Crippen LogP contribution in [0.15, 0.2) is 54.6 Å². The monoisotopic (exact) mass is 282 g/mol. The van der Waals surface area contributed by atoms with Gasteiger partial charge in [0.25, 0.3) is 0 Å². The van der Waals surface area contributed by atoms with Gasteiger partial charge in [0.15, 0.2) is 5.78 Å². The summed E-state index contributed by atoms with van der Waals surface area (Å²) >= 11 is 0. The van der Waals surface area contributed by atoms with Crippen molar-refractivity contribution in [3.63, 3.8) is 0 Å². The van der Waals surface area contributed by atoms with Gasteiger partial charge in [0.1, 0.15) is 5.92 Å². The molecule has 2 aromatic carbocycles. The molecule has 2 aromatic rings. The summed E-state index contributed by atoms with van der Waals surface area (Å²) < 4.78 is 5.07. The fourth-order valence-electron chi connectivity index (χ4n) is 2.15. The molecular formula is C18H18O3. The van der Waals surface area contributed by atoms with E-state index >= 15 is 0 Å². The number of benzene rings is 2. The SMILES string of the molecule is CCOC(=O)C(C(=O)c1ccc(C)cc1)c1ccccc1. The highest BCUT2D eigenvalue weighted by Crippen LogP contribution is 2.23. The average molecular weight is 282 g/mol. The molecule has 3 heteroatoms. The Bertz CT molecular complexity index is 615. The maximum absolute atomic E-state index is 12.7. The lowest BCUT2D eigenvalue weighted by Gasteiger charge is -2.15. The van der Waals surface area contributed by atoms with Crippen LogP contribution in [0.2, 0.25) is 0 Å². The van der Waals surface area contributed by atoms with Gasteiger partial charge >= 0.3 is 5.97 Å². The van der Waals surface area contributed by atoms with Gasteiger partial charge in [0.2, 0.25) is 0 Å². The van der Waals surface area contributed by atoms with Crippen LogP contribution in [0.25, 0.3) is 0 Å². The molecule has 0 heterocycles. The van der Waals surface area contributed by atoms with E-state index in [4.69, 9.17) is 4.74 Å². The van der Waals surface area contributed by atoms with Crippen LogP contribution in [0.3, 0.4) is 0 Å². The maximum Gasteiger partial charge on any atom is 0.321 e. The second-order valence-corrected chi connectivity index (χ2v) is 4.83. The van der Waals surface area contributed by atoms with Crippen molar-refractivity contribution in [1.82, 2.24) is 0 Å². The molecule has 2 rings (SSSR count). The highest BCUT2D eigenvalue weighted by molar-refractivity contribution is 6.12. The molecule has 1 unspecified atom stereocenters. The van der Waals surface area contributed by atoms with Gasteiger partial charge in [-0.1, -0.05) is 60.2 Å². The number of hydrogen-bond donors (Lipinski definition) is 0. The molecule has 0 aliphatic carbocycles. The van der Waals surface area contributed by atoms with Crippen LogP contribution in [-0.4, -0.2) is 18.4 Å². The van der Waals surface area contributed by atoms with Crippen LogP contribution in [-0.2, 0) is 9.53 Å². The fourth-order valence-corrected chi connectivity index (χ4v) is 2.15. The third-order valence-corrected chi connectivity index (χ3v) is 3.25. The summed E-state index contributed by atoms with van der Waals surface area (Å²) in [6, 6.07) is 16.2. The molecule has 0 aliphatic heterocycles. The molecular weight excluding hydrogens is 264 g/mol. The molecule has 0 spiro atoms. The van der Waals surface area contributed by atoms with E-state index in [0.717, 1.165) is 5.56 Å². The van der Waals surface area contributed by atoms with Gasteiger partial charge < -0.3 is 4.74 Å². The van der Waals surface area contributed by atoms with E-state index in [1.54, 1.807) is 31.2 Å². The molecule has 0 N–H and O–H groups in total. The summed E-state index contributed by atoms with van der Waals surface area (Å²) in [6.45, 7) is 3.94. The molecule has 0 saturated carbocycles. The zero-order valence-corrected chi connectivity index (χ0v) is 12.2. The first-order chi connectivity index (χ1) is 10.1. The first-order valence-electron chi connectivity index (χ1n) is 6.96. The number of hydrogen-bond acceptors (Lipinski definition) is 3. The van der Waals surface area contributed by atoms with Crippen molar-refractivity contribution in [3.05, 3.63) is 71.3 Å². The fraction of sp³-hybridized carbons (Fsp3) is 0.222. The predicted octanol–water partition coefficient (Wildman–Crippen LogP) is 3.52. The number of carbonyl (C=O) groups is 2. The van der Waals surface area contributed by atoms with Crippen molar-refractivity contribution in [1.29, 1.82) is 0 Å². The summed E-state index contributed by atoms with van der Waals surface area (Å²) in [5.74, 6) is -1.65. The minimum absolute atomic E-state index is 0.236. The second kappa shape index (κ2) is 6.84. The normalized spacial score (nSPS) is 11.7. The van der Waals surface area contributed by atoms with Gasteiger partial charge in [-0.15, -0.1) is 0 Å². The quantitative estimate of drug-likeness (QED) is 0.479. The third kappa shape index (κ3) is 3.57. The lowest BCUT2D eigenvalue weighted by atomic mass is 9.90. The van der Waals surface area contributed by atoms with Gasteiger partial charge in [0.05, 0.1) is 6.61 Å². The Balaban J connectivity index is 2.37. The number of Topliss-reactive ketones (excluding diaryl/α,β-unsaturated/α-hetero) is 1. The Hall–Kier alpha value is -2.42. The van der Waals surface area contributed by atoms with Crippen LogP contribution in [0.5, 0.6) is 0 Å². The Kier molecular flexibility index (Phi) is 4.88. The Morgan fingerprint density at radius 3 is 2.19 bits per heavy atom. The molecule has 0 amide bonds. The van der Waals surface area contributed by atoms with Crippen molar-refractivity contribution in [2.75, 3.05) is 6.61 Å². The highest BCUT2D eigenvalue weighted by Gasteiger charge is 2.30. The minimum Gasteiger partial charge on any atom is -0.465 e. The first-order valence-corrected chi connectivity index (χ1v) is 6.96. The molecule has 108 valence electrons. The van der Waals surface area contributed by atoms with Crippen LogP contribution >= 0.6 is 0 Å². The summed E-state index contributed by atoms with van der Waals surface area (Å²) in [4.78, 5) is 24.9. The Labute approximate surface area is 124 Å². The van der Waals surface area contributed by atoms with Gasteiger partial charge in [-0.3, -0.25) is 9.59 Å². The van der Waals surface area contributed by atoms with Gasteiger partial charge in [-0.25, -0.2) is 0 Å². The molecule has 1 atom stereocenters. The van der Waals surface area contributed by atoms with Crippen molar-refractivity contribution in [3.8, 4) is 0 Å². The number of esters is 1. The lowest BCUT2D eigenvalue weighted by Crippen LogP contribution is -2.24. The lowest BCUT2D eigenvalue weighted by molar-refractivity contribution is -0.143. The number of ketones is 1. The summed E-state index contributed by atoms with van der Waals surface area (Å²) in [7, 11) is 0. The van der Waals surface area contributed by atoms with E-state index < -0.39 is 11.9 Å². The van der Waals surface area contributed by atoms with Crippen LogP contribution in [0, 0.1) is 6.92 Å². The van der Waals surface area contributed by atoms with E-state index in [1.807, 2.05) is 37.3 Å². The topological polar surface area (TPSA) is 43.4 Å². The molecule has 0 aromatic heterocycles. The predicted molar refractivity (Wildman–Crippen MR) is 81.3 cm³/mol. The minimum atomic E-state index is -0.908. The van der Waals surface area contributed by atoms with E-state index in [1.165, 1.54) is 0 Å². The van der Waals surface area contributed by atoms with Crippen molar-refractivity contribution in [2.45, 2.75) is 19.8 Å². The van der Waals surface area contributed by atoms with E-state index in [-0.39, 0.29) is 12.4 Å². The summed E-state index contributed by atoms with van der Waals surface area (Å²) in [6.07, 6.45) is 0.